The molecule has 0 bridgehead atoms. The number of aromatic nitrogens is 2. The number of methoxy groups -OCH3 is 1. The second-order valence-corrected chi connectivity index (χ2v) is 4.25. The lowest BCUT2D eigenvalue weighted by Gasteiger charge is -2.12. The van der Waals surface area contributed by atoms with E-state index in [0.29, 0.717) is 16.6 Å². The predicted molar refractivity (Wildman–Crippen MR) is 69.4 cm³/mol. The molecule has 0 saturated heterocycles. The largest absolute Gasteiger partial charge is 0.495 e. The number of aryl methyl sites for hydroxylation is 2. The SMILES string of the molecule is COc1c(Cl)ccc(C)c1-c1cnn(C)c1N. The highest BCUT2D eigenvalue weighted by molar-refractivity contribution is 6.32. The van der Waals surface area contributed by atoms with Crippen molar-refractivity contribution < 1.29 is 4.74 Å². The summed E-state index contributed by atoms with van der Waals surface area (Å²) in [5, 5.41) is 4.70. The van der Waals surface area contributed by atoms with Gasteiger partial charge in [0, 0.05) is 18.2 Å². The molecule has 2 N–H and O–H groups in total. The minimum absolute atomic E-state index is 0.566. The van der Waals surface area contributed by atoms with Crippen LogP contribution >= 0.6 is 11.6 Å². The maximum atomic E-state index is 6.12. The number of nitrogens with two attached hydrogens (primary N) is 1. The summed E-state index contributed by atoms with van der Waals surface area (Å²) in [6, 6.07) is 3.75. The molecule has 0 fully saturated rings. The van der Waals surface area contributed by atoms with Crippen LogP contribution in [0.15, 0.2) is 18.3 Å². The number of nitrogens with zero attached hydrogens (tertiary/aromatic N) is 2. The molecular formula is C12H14ClN3O. The number of nitrogen functional groups attached to an aromatic ring is 1. The van der Waals surface area contributed by atoms with Gasteiger partial charge in [-0.2, -0.15) is 5.10 Å². The molecule has 1 aromatic heterocycles. The van der Waals surface area contributed by atoms with Crippen molar-refractivity contribution >= 4 is 17.4 Å². The molecule has 0 aliphatic rings. The Labute approximate surface area is 105 Å². The van der Waals surface area contributed by atoms with Gasteiger partial charge < -0.3 is 10.5 Å². The van der Waals surface area contributed by atoms with Crippen LogP contribution in [0.2, 0.25) is 5.02 Å². The van der Waals surface area contributed by atoms with Gasteiger partial charge in [-0.15, -0.1) is 0 Å². The summed E-state index contributed by atoms with van der Waals surface area (Å²) >= 11 is 6.12. The number of hydrogen-bond donors (Lipinski definition) is 1. The average molecular weight is 252 g/mol. The fourth-order valence-corrected chi connectivity index (χ4v) is 2.06. The second-order valence-electron chi connectivity index (χ2n) is 3.84. The maximum Gasteiger partial charge on any atom is 0.145 e. The summed E-state index contributed by atoms with van der Waals surface area (Å²) in [5.74, 6) is 1.22. The van der Waals surface area contributed by atoms with Crippen LogP contribution in [0.25, 0.3) is 11.1 Å². The van der Waals surface area contributed by atoms with Crippen LogP contribution in [0.3, 0.4) is 0 Å². The van der Waals surface area contributed by atoms with E-state index in [1.165, 1.54) is 0 Å². The number of halogens is 1. The third-order valence-corrected chi connectivity index (χ3v) is 3.07. The van der Waals surface area contributed by atoms with E-state index in [4.69, 9.17) is 22.1 Å². The standard InChI is InChI=1S/C12H14ClN3O/c1-7-4-5-9(13)11(17-3)10(7)8-6-15-16(2)12(8)14/h4-6H,14H2,1-3H3. The monoisotopic (exact) mass is 251 g/mol. The Morgan fingerprint density at radius 2 is 2.12 bits per heavy atom. The number of rotatable bonds is 2. The van der Waals surface area contributed by atoms with Crippen molar-refractivity contribution in [2.75, 3.05) is 12.8 Å². The summed E-state index contributed by atoms with van der Waals surface area (Å²) in [6.45, 7) is 1.99. The van der Waals surface area contributed by atoms with Gasteiger partial charge in [-0.25, -0.2) is 0 Å². The van der Waals surface area contributed by atoms with Crippen molar-refractivity contribution in [1.82, 2.24) is 9.78 Å². The maximum absolute atomic E-state index is 6.12. The van der Waals surface area contributed by atoms with E-state index in [2.05, 4.69) is 5.10 Å². The zero-order valence-corrected chi connectivity index (χ0v) is 10.7. The molecule has 5 heteroatoms. The number of ether oxygens (including phenoxy) is 1. The van der Waals surface area contributed by atoms with E-state index in [0.717, 1.165) is 16.7 Å². The lowest BCUT2D eigenvalue weighted by atomic mass is 10.0. The third kappa shape index (κ3) is 1.85. The first-order valence-corrected chi connectivity index (χ1v) is 5.55. The Kier molecular flexibility index (Phi) is 2.98. The molecule has 2 aromatic rings. The van der Waals surface area contributed by atoms with Crippen molar-refractivity contribution in [3.8, 4) is 16.9 Å². The molecule has 90 valence electrons. The topological polar surface area (TPSA) is 53.1 Å². The summed E-state index contributed by atoms with van der Waals surface area (Å²) in [7, 11) is 3.39. The minimum Gasteiger partial charge on any atom is -0.495 e. The van der Waals surface area contributed by atoms with Gasteiger partial charge in [0.1, 0.15) is 11.6 Å². The molecule has 2 rings (SSSR count). The Morgan fingerprint density at radius 1 is 1.41 bits per heavy atom. The van der Waals surface area contributed by atoms with Crippen LogP contribution in [-0.4, -0.2) is 16.9 Å². The predicted octanol–water partition coefficient (Wildman–Crippen LogP) is 2.64. The molecule has 0 aliphatic heterocycles. The summed E-state index contributed by atoms with van der Waals surface area (Å²) in [5.41, 5.74) is 8.76. The smallest absolute Gasteiger partial charge is 0.145 e. The average Bonchev–Trinajstić information content (AvgIpc) is 2.63. The van der Waals surface area contributed by atoms with Gasteiger partial charge in [-0.3, -0.25) is 4.68 Å². The van der Waals surface area contributed by atoms with Gasteiger partial charge in [-0.05, 0) is 18.6 Å². The molecular weight excluding hydrogens is 238 g/mol. The fraction of sp³-hybridized carbons (Fsp3) is 0.250. The first-order valence-electron chi connectivity index (χ1n) is 5.17. The molecule has 17 heavy (non-hydrogen) atoms. The van der Waals surface area contributed by atoms with Crippen LogP contribution in [0, 0.1) is 6.92 Å². The number of benzene rings is 1. The Morgan fingerprint density at radius 3 is 2.65 bits per heavy atom. The molecule has 1 aromatic carbocycles. The minimum atomic E-state index is 0.566. The van der Waals surface area contributed by atoms with Crippen molar-refractivity contribution in [3.05, 3.63) is 28.9 Å². The van der Waals surface area contributed by atoms with Crippen molar-refractivity contribution in [2.45, 2.75) is 6.92 Å². The fourth-order valence-electron chi connectivity index (χ4n) is 1.83. The van der Waals surface area contributed by atoms with E-state index >= 15 is 0 Å². The molecule has 0 spiro atoms. The van der Waals surface area contributed by atoms with Crippen LogP contribution in [0.1, 0.15) is 5.56 Å². The molecule has 0 amide bonds. The second kappa shape index (κ2) is 4.30. The number of anilines is 1. The van der Waals surface area contributed by atoms with Crippen LogP contribution in [-0.2, 0) is 7.05 Å². The van der Waals surface area contributed by atoms with E-state index < -0.39 is 0 Å². The Hall–Kier alpha value is -1.68. The van der Waals surface area contributed by atoms with Crippen molar-refractivity contribution in [1.29, 1.82) is 0 Å². The summed E-state index contributed by atoms with van der Waals surface area (Å²) in [4.78, 5) is 0. The summed E-state index contributed by atoms with van der Waals surface area (Å²) in [6.07, 6.45) is 1.72. The highest BCUT2D eigenvalue weighted by Gasteiger charge is 2.17. The van der Waals surface area contributed by atoms with Gasteiger partial charge in [0.25, 0.3) is 0 Å². The van der Waals surface area contributed by atoms with Gasteiger partial charge in [-0.1, -0.05) is 17.7 Å². The van der Waals surface area contributed by atoms with Crippen molar-refractivity contribution in [2.24, 2.45) is 7.05 Å². The molecule has 4 nitrogen and oxygen atoms in total. The quantitative estimate of drug-likeness (QED) is 0.893. The first-order chi connectivity index (χ1) is 8.06. The third-order valence-electron chi connectivity index (χ3n) is 2.78. The Bertz CT molecular complexity index is 563. The van der Waals surface area contributed by atoms with Crippen LogP contribution in [0.5, 0.6) is 5.75 Å². The zero-order valence-electron chi connectivity index (χ0n) is 9.99. The van der Waals surface area contributed by atoms with E-state index in [-0.39, 0.29) is 0 Å². The van der Waals surface area contributed by atoms with Gasteiger partial charge in [0.05, 0.1) is 18.3 Å². The van der Waals surface area contributed by atoms with Gasteiger partial charge >= 0.3 is 0 Å². The molecule has 1 heterocycles. The van der Waals surface area contributed by atoms with E-state index in [9.17, 15) is 0 Å². The van der Waals surface area contributed by atoms with E-state index in [1.54, 1.807) is 25.0 Å². The number of hydrogen-bond acceptors (Lipinski definition) is 3. The molecule has 0 aliphatic carbocycles. The molecule has 0 atom stereocenters. The van der Waals surface area contributed by atoms with Crippen molar-refractivity contribution in [3.63, 3.8) is 0 Å². The van der Waals surface area contributed by atoms with Crippen LogP contribution < -0.4 is 10.5 Å². The van der Waals surface area contributed by atoms with Gasteiger partial charge in [0.2, 0.25) is 0 Å². The Balaban J connectivity index is 2.74. The highest BCUT2D eigenvalue weighted by atomic mass is 35.5. The first kappa shape index (κ1) is 11.8. The molecule has 0 unspecified atom stereocenters. The molecule has 0 radical (unpaired) electrons. The normalized spacial score (nSPS) is 10.6. The van der Waals surface area contributed by atoms with E-state index in [1.807, 2.05) is 19.1 Å². The summed E-state index contributed by atoms with van der Waals surface area (Å²) < 4.78 is 6.97. The lowest BCUT2D eigenvalue weighted by molar-refractivity contribution is 0.416. The highest BCUT2D eigenvalue weighted by Crippen LogP contribution is 2.40. The molecule has 0 saturated carbocycles. The zero-order chi connectivity index (χ0) is 12.6. The lowest BCUT2D eigenvalue weighted by Crippen LogP contribution is -1.99. The van der Waals surface area contributed by atoms with Gasteiger partial charge in [0.15, 0.2) is 0 Å². The van der Waals surface area contributed by atoms with Crippen LogP contribution in [0.4, 0.5) is 5.82 Å².